The van der Waals surface area contributed by atoms with Crippen molar-refractivity contribution in [3.8, 4) is 0 Å². The fourth-order valence-electron chi connectivity index (χ4n) is 2.19. The Morgan fingerprint density at radius 2 is 2.15 bits per heavy atom. The van der Waals surface area contributed by atoms with E-state index in [4.69, 9.17) is 15.6 Å². The second-order valence-electron chi connectivity index (χ2n) is 4.84. The fourth-order valence-corrected chi connectivity index (χ4v) is 2.19. The first kappa shape index (κ1) is 14.6. The minimum absolute atomic E-state index is 0.245. The van der Waals surface area contributed by atoms with Gasteiger partial charge in [-0.2, -0.15) is 0 Å². The SMILES string of the molecule is Nc1ccc(C(=O)O)cc1NCCCN1CCOCC1. The Morgan fingerprint density at radius 3 is 2.85 bits per heavy atom. The first-order valence-corrected chi connectivity index (χ1v) is 6.83. The highest BCUT2D eigenvalue weighted by molar-refractivity contribution is 5.90. The van der Waals surface area contributed by atoms with E-state index in [1.165, 1.54) is 6.07 Å². The lowest BCUT2D eigenvalue weighted by Gasteiger charge is -2.26. The summed E-state index contributed by atoms with van der Waals surface area (Å²) in [4.78, 5) is 13.3. The van der Waals surface area contributed by atoms with E-state index in [0.29, 0.717) is 11.4 Å². The Balaban J connectivity index is 1.78. The average Bonchev–Trinajstić information content (AvgIpc) is 2.46. The molecule has 0 bridgehead atoms. The number of carboxylic acids is 1. The van der Waals surface area contributed by atoms with Crippen molar-refractivity contribution < 1.29 is 14.6 Å². The van der Waals surface area contributed by atoms with Crippen LogP contribution < -0.4 is 11.1 Å². The van der Waals surface area contributed by atoms with Gasteiger partial charge in [0.1, 0.15) is 0 Å². The maximum Gasteiger partial charge on any atom is 0.335 e. The van der Waals surface area contributed by atoms with Gasteiger partial charge in [0, 0.05) is 19.6 Å². The van der Waals surface area contributed by atoms with Crippen LogP contribution in [0.5, 0.6) is 0 Å². The number of nitrogens with one attached hydrogen (secondary N) is 1. The van der Waals surface area contributed by atoms with Gasteiger partial charge in [0.05, 0.1) is 30.2 Å². The summed E-state index contributed by atoms with van der Waals surface area (Å²) < 4.78 is 5.30. The number of rotatable bonds is 6. The van der Waals surface area contributed by atoms with E-state index >= 15 is 0 Å². The molecular weight excluding hydrogens is 258 g/mol. The molecule has 6 heteroatoms. The lowest BCUT2D eigenvalue weighted by molar-refractivity contribution is 0.0378. The van der Waals surface area contributed by atoms with Gasteiger partial charge in [-0.15, -0.1) is 0 Å². The molecule has 110 valence electrons. The van der Waals surface area contributed by atoms with Crippen molar-refractivity contribution in [2.45, 2.75) is 6.42 Å². The summed E-state index contributed by atoms with van der Waals surface area (Å²) in [7, 11) is 0. The molecule has 6 nitrogen and oxygen atoms in total. The molecule has 0 aliphatic carbocycles. The van der Waals surface area contributed by atoms with Gasteiger partial charge in [-0.05, 0) is 31.2 Å². The molecule has 1 heterocycles. The van der Waals surface area contributed by atoms with Crippen molar-refractivity contribution in [2.75, 3.05) is 50.4 Å². The second kappa shape index (κ2) is 7.12. The largest absolute Gasteiger partial charge is 0.478 e. The van der Waals surface area contributed by atoms with Crippen LogP contribution in [0.3, 0.4) is 0 Å². The molecule has 1 aromatic carbocycles. The van der Waals surface area contributed by atoms with Crippen LogP contribution in [0.1, 0.15) is 16.8 Å². The number of nitrogens with zero attached hydrogens (tertiary/aromatic N) is 1. The topological polar surface area (TPSA) is 87.8 Å². The van der Waals surface area contributed by atoms with Gasteiger partial charge in [-0.25, -0.2) is 4.79 Å². The Bertz CT molecular complexity index is 459. The number of anilines is 2. The average molecular weight is 279 g/mol. The van der Waals surface area contributed by atoms with Gasteiger partial charge in [-0.1, -0.05) is 0 Å². The zero-order valence-corrected chi connectivity index (χ0v) is 11.5. The zero-order valence-electron chi connectivity index (χ0n) is 11.5. The molecule has 1 aliphatic rings. The molecule has 0 spiro atoms. The lowest BCUT2D eigenvalue weighted by Crippen LogP contribution is -2.37. The first-order valence-electron chi connectivity index (χ1n) is 6.83. The van der Waals surface area contributed by atoms with Gasteiger partial charge in [0.2, 0.25) is 0 Å². The van der Waals surface area contributed by atoms with Crippen molar-refractivity contribution >= 4 is 17.3 Å². The van der Waals surface area contributed by atoms with Gasteiger partial charge in [-0.3, -0.25) is 4.90 Å². The highest BCUT2D eigenvalue weighted by atomic mass is 16.5. The van der Waals surface area contributed by atoms with Gasteiger partial charge < -0.3 is 20.9 Å². The highest BCUT2D eigenvalue weighted by Gasteiger charge is 2.10. The van der Waals surface area contributed by atoms with Crippen molar-refractivity contribution in [1.82, 2.24) is 4.90 Å². The van der Waals surface area contributed by atoms with E-state index in [1.54, 1.807) is 12.1 Å². The molecular formula is C14H21N3O3. The Labute approximate surface area is 118 Å². The van der Waals surface area contributed by atoms with E-state index in [2.05, 4.69) is 10.2 Å². The van der Waals surface area contributed by atoms with Crippen LogP contribution in [-0.2, 0) is 4.74 Å². The summed E-state index contributed by atoms with van der Waals surface area (Å²) in [6.07, 6.45) is 0.983. The molecule has 0 saturated carbocycles. The third-order valence-electron chi connectivity index (χ3n) is 3.37. The number of carbonyl (C=O) groups is 1. The maximum absolute atomic E-state index is 10.9. The smallest absolute Gasteiger partial charge is 0.335 e. The van der Waals surface area contributed by atoms with Crippen molar-refractivity contribution in [2.24, 2.45) is 0 Å². The number of benzene rings is 1. The van der Waals surface area contributed by atoms with Crippen LogP contribution in [-0.4, -0.2) is 55.4 Å². The molecule has 0 atom stereocenters. The molecule has 1 saturated heterocycles. The van der Waals surface area contributed by atoms with E-state index in [9.17, 15) is 4.79 Å². The summed E-state index contributed by atoms with van der Waals surface area (Å²) in [5.74, 6) is -0.943. The van der Waals surface area contributed by atoms with Crippen molar-refractivity contribution in [3.63, 3.8) is 0 Å². The predicted molar refractivity (Wildman–Crippen MR) is 78.2 cm³/mol. The van der Waals surface area contributed by atoms with Crippen LogP contribution >= 0.6 is 0 Å². The lowest BCUT2D eigenvalue weighted by atomic mass is 10.1. The number of carboxylic acid groups (broad SMARTS) is 1. The third kappa shape index (κ3) is 4.11. The summed E-state index contributed by atoms with van der Waals surface area (Å²) >= 11 is 0. The molecule has 1 aromatic rings. The highest BCUT2D eigenvalue weighted by Crippen LogP contribution is 2.20. The van der Waals surface area contributed by atoms with Gasteiger partial charge >= 0.3 is 5.97 Å². The Hall–Kier alpha value is -1.79. The van der Waals surface area contributed by atoms with Gasteiger partial charge in [0.15, 0.2) is 0 Å². The number of nitrogens with two attached hydrogens (primary N) is 1. The maximum atomic E-state index is 10.9. The quantitative estimate of drug-likeness (QED) is 0.534. The minimum Gasteiger partial charge on any atom is -0.478 e. The minimum atomic E-state index is -0.943. The number of nitrogen functional groups attached to an aromatic ring is 1. The first-order chi connectivity index (χ1) is 9.66. The molecule has 4 N–H and O–H groups in total. The number of hydrogen-bond donors (Lipinski definition) is 3. The van der Waals surface area contributed by atoms with Crippen LogP contribution in [0.25, 0.3) is 0 Å². The van der Waals surface area contributed by atoms with E-state index < -0.39 is 5.97 Å². The fraction of sp³-hybridized carbons (Fsp3) is 0.500. The molecule has 2 rings (SSSR count). The van der Waals surface area contributed by atoms with E-state index in [0.717, 1.165) is 45.8 Å². The van der Waals surface area contributed by atoms with E-state index in [1.807, 2.05) is 0 Å². The van der Waals surface area contributed by atoms with E-state index in [-0.39, 0.29) is 5.56 Å². The number of morpholine rings is 1. The summed E-state index contributed by atoms with van der Waals surface area (Å²) in [6, 6.07) is 4.71. The van der Waals surface area contributed by atoms with Crippen LogP contribution in [0.2, 0.25) is 0 Å². The van der Waals surface area contributed by atoms with Crippen molar-refractivity contribution in [3.05, 3.63) is 23.8 Å². The van der Waals surface area contributed by atoms with Crippen LogP contribution in [0, 0.1) is 0 Å². The standard InChI is InChI=1S/C14H21N3O3/c15-12-3-2-11(14(18)19)10-13(12)16-4-1-5-17-6-8-20-9-7-17/h2-3,10,16H,1,4-9,15H2,(H,18,19). The summed E-state index contributed by atoms with van der Waals surface area (Å²) in [5, 5.41) is 12.2. The molecule has 0 amide bonds. The Kier molecular flexibility index (Phi) is 5.20. The summed E-state index contributed by atoms with van der Waals surface area (Å²) in [5.41, 5.74) is 7.34. The molecule has 20 heavy (non-hydrogen) atoms. The predicted octanol–water partition coefficient (Wildman–Crippen LogP) is 1.10. The number of hydrogen-bond acceptors (Lipinski definition) is 5. The molecule has 0 aromatic heterocycles. The summed E-state index contributed by atoms with van der Waals surface area (Å²) in [6.45, 7) is 5.36. The normalized spacial score (nSPS) is 16.0. The molecule has 0 unspecified atom stereocenters. The molecule has 1 fully saturated rings. The second-order valence-corrected chi connectivity index (χ2v) is 4.84. The number of aromatic carboxylic acids is 1. The van der Waals surface area contributed by atoms with Crippen molar-refractivity contribution in [1.29, 1.82) is 0 Å². The van der Waals surface area contributed by atoms with Crippen LogP contribution in [0.4, 0.5) is 11.4 Å². The third-order valence-corrected chi connectivity index (χ3v) is 3.37. The monoisotopic (exact) mass is 279 g/mol. The zero-order chi connectivity index (χ0) is 14.4. The molecule has 1 aliphatic heterocycles. The Morgan fingerprint density at radius 1 is 1.40 bits per heavy atom. The molecule has 0 radical (unpaired) electrons. The van der Waals surface area contributed by atoms with Crippen LogP contribution in [0.15, 0.2) is 18.2 Å². The number of ether oxygens (including phenoxy) is 1. The van der Waals surface area contributed by atoms with Gasteiger partial charge in [0.25, 0.3) is 0 Å².